The zero-order valence-electron chi connectivity index (χ0n) is 13.6. The molecule has 2 fully saturated rings. The van der Waals surface area contributed by atoms with Gasteiger partial charge >= 0.3 is 0 Å². The Morgan fingerprint density at radius 1 is 0.952 bits per heavy atom. The molecule has 1 aromatic rings. The van der Waals surface area contributed by atoms with E-state index in [1.807, 2.05) is 0 Å². The van der Waals surface area contributed by atoms with E-state index in [2.05, 4.69) is 44.2 Å². The molecule has 0 spiro atoms. The molecule has 0 amide bonds. The fourth-order valence-corrected chi connectivity index (χ4v) is 4.81. The Balaban J connectivity index is 1.85. The summed E-state index contributed by atoms with van der Waals surface area (Å²) in [5, 5.41) is 11.6. The zero-order chi connectivity index (χ0) is 14.9. The average Bonchev–Trinajstić information content (AvgIpc) is 2.51. The first-order valence-electron chi connectivity index (χ1n) is 8.88. The summed E-state index contributed by atoms with van der Waals surface area (Å²) in [5.74, 6) is 2.42. The van der Waals surface area contributed by atoms with Crippen LogP contribution in [0.25, 0.3) is 0 Å². The van der Waals surface area contributed by atoms with Crippen molar-refractivity contribution < 1.29 is 5.11 Å². The smallest absolute Gasteiger partial charge is 0.0744 e. The lowest BCUT2D eigenvalue weighted by molar-refractivity contribution is -0.0887. The van der Waals surface area contributed by atoms with Gasteiger partial charge in [-0.05, 0) is 49.0 Å². The number of rotatable bonds is 2. The van der Waals surface area contributed by atoms with Crippen LogP contribution < -0.4 is 0 Å². The summed E-state index contributed by atoms with van der Waals surface area (Å²) >= 11 is 0. The largest absolute Gasteiger partial charge is 0.389 e. The Hall–Kier alpha value is -0.820. The van der Waals surface area contributed by atoms with Gasteiger partial charge in [0.2, 0.25) is 0 Å². The van der Waals surface area contributed by atoms with Crippen LogP contribution in [0.4, 0.5) is 0 Å². The van der Waals surface area contributed by atoms with E-state index in [4.69, 9.17) is 0 Å². The van der Waals surface area contributed by atoms with Crippen LogP contribution in [0, 0.1) is 17.8 Å². The van der Waals surface area contributed by atoms with Gasteiger partial charge in [-0.2, -0.15) is 0 Å². The molecule has 0 heterocycles. The highest BCUT2D eigenvalue weighted by molar-refractivity contribution is 5.24. The van der Waals surface area contributed by atoms with E-state index >= 15 is 0 Å². The molecule has 2 aliphatic rings. The van der Waals surface area contributed by atoms with Crippen LogP contribution in [0.15, 0.2) is 30.3 Å². The van der Waals surface area contributed by atoms with Gasteiger partial charge in [0.1, 0.15) is 0 Å². The van der Waals surface area contributed by atoms with E-state index in [-0.39, 0.29) is 0 Å². The molecular weight excluding hydrogens is 256 g/mol. The molecule has 5 unspecified atom stereocenters. The first-order valence-corrected chi connectivity index (χ1v) is 8.88. The summed E-state index contributed by atoms with van der Waals surface area (Å²) < 4.78 is 0. The fraction of sp³-hybridized carbons (Fsp3) is 0.700. The minimum atomic E-state index is -0.464. The van der Waals surface area contributed by atoms with E-state index in [9.17, 15) is 5.11 Å². The van der Waals surface area contributed by atoms with Crippen molar-refractivity contribution in [2.24, 2.45) is 17.8 Å². The summed E-state index contributed by atoms with van der Waals surface area (Å²) in [6.45, 7) is 4.75. The van der Waals surface area contributed by atoms with Gasteiger partial charge in [-0.25, -0.2) is 0 Å². The maximum atomic E-state index is 11.6. The molecule has 1 aromatic carbocycles. The quantitative estimate of drug-likeness (QED) is 0.797. The maximum absolute atomic E-state index is 11.6. The summed E-state index contributed by atoms with van der Waals surface area (Å²) in [6.07, 6.45) is 8.32. The number of hydrogen-bond acceptors (Lipinski definition) is 1. The van der Waals surface area contributed by atoms with Crippen molar-refractivity contribution in [2.75, 3.05) is 0 Å². The van der Waals surface area contributed by atoms with E-state index in [1.165, 1.54) is 37.7 Å². The Morgan fingerprint density at radius 2 is 1.71 bits per heavy atom. The topological polar surface area (TPSA) is 20.2 Å². The Labute approximate surface area is 129 Å². The molecule has 0 bridgehead atoms. The minimum absolute atomic E-state index is 0.345. The van der Waals surface area contributed by atoms with Crippen LogP contribution in [-0.2, 0) is 0 Å². The Bertz CT molecular complexity index is 454. The van der Waals surface area contributed by atoms with Crippen LogP contribution in [0.2, 0.25) is 0 Å². The Morgan fingerprint density at radius 3 is 2.43 bits per heavy atom. The molecule has 0 saturated heterocycles. The highest BCUT2D eigenvalue weighted by Crippen LogP contribution is 2.50. The van der Waals surface area contributed by atoms with Crippen LogP contribution in [0.1, 0.15) is 70.3 Å². The van der Waals surface area contributed by atoms with Crippen molar-refractivity contribution in [1.82, 2.24) is 0 Å². The van der Waals surface area contributed by atoms with Crippen LogP contribution >= 0.6 is 0 Å². The lowest BCUT2D eigenvalue weighted by atomic mass is 9.60. The van der Waals surface area contributed by atoms with Crippen molar-refractivity contribution in [3.8, 4) is 0 Å². The number of aliphatic hydroxyl groups is 1. The first kappa shape index (κ1) is 15.1. The van der Waals surface area contributed by atoms with Crippen LogP contribution in [-0.4, -0.2) is 10.7 Å². The predicted molar refractivity (Wildman–Crippen MR) is 88.3 cm³/mol. The highest BCUT2D eigenvalue weighted by Gasteiger charge is 2.47. The number of benzene rings is 1. The van der Waals surface area contributed by atoms with E-state index in [1.54, 1.807) is 0 Å². The van der Waals surface area contributed by atoms with Crippen molar-refractivity contribution >= 4 is 0 Å². The molecular formula is C20H30O. The lowest BCUT2D eigenvalue weighted by Gasteiger charge is -2.49. The third kappa shape index (κ3) is 2.90. The molecule has 1 N–H and O–H groups in total. The molecule has 0 aliphatic heterocycles. The normalized spacial score (nSPS) is 40.9. The van der Waals surface area contributed by atoms with E-state index in [0.29, 0.717) is 11.8 Å². The van der Waals surface area contributed by atoms with E-state index < -0.39 is 5.60 Å². The highest BCUT2D eigenvalue weighted by atomic mass is 16.3. The lowest BCUT2D eigenvalue weighted by Crippen LogP contribution is -2.48. The SMILES string of the molecule is CC1CCC(C2(O)CCCCC2c2ccccc2)CC1C. The van der Waals surface area contributed by atoms with E-state index in [0.717, 1.165) is 24.7 Å². The van der Waals surface area contributed by atoms with Gasteiger partial charge < -0.3 is 5.11 Å². The van der Waals surface area contributed by atoms with Crippen molar-refractivity contribution in [3.63, 3.8) is 0 Å². The van der Waals surface area contributed by atoms with Crippen molar-refractivity contribution in [2.45, 2.75) is 70.3 Å². The second-order valence-corrected chi connectivity index (χ2v) is 7.66. The Kier molecular flexibility index (Phi) is 4.40. The van der Waals surface area contributed by atoms with Crippen LogP contribution in [0.5, 0.6) is 0 Å². The molecule has 3 rings (SSSR count). The molecule has 2 saturated carbocycles. The molecule has 116 valence electrons. The van der Waals surface area contributed by atoms with Gasteiger partial charge in [-0.15, -0.1) is 0 Å². The van der Waals surface area contributed by atoms with Gasteiger partial charge in [-0.3, -0.25) is 0 Å². The summed E-state index contributed by atoms with van der Waals surface area (Å²) in [4.78, 5) is 0. The van der Waals surface area contributed by atoms with Gasteiger partial charge in [0.15, 0.2) is 0 Å². The van der Waals surface area contributed by atoms with Crippen molar-refractivity contribution in [3.05, 3.63) is 35.9 Å². The van der Waals surface area contributed by atoms with Crippen LogP contribution in [0.3, 0.4) is 0 Å². The molecule has 21 heavy (non-hydrogen) atoms. The van der Waals surface area contributed by atoms with Gasteiger partial charge in [0, 0.05) is 5.92 Å². The van der Waals surface area contributed by atoms with Gasteiger partial charge in [0.05, 0.1) is 5.60 Å². The first-order chi connectivity index (χ1) is 10.1. The zero-order valence-corrected chi connectivity index (χ0v) is 13.6. The molecule has 2 aliphatic carbocycles. The minimum Gasteiger partial charge on any atom is -0.389 e. The fourth-order valence-electron chi connectivity index (χ4n) is 4.81. The maximum Gasteiger partial charge on any atom is 0.0744 e. The molecule has 0 aromatic heterocycles. The third-order valence-corrected chi connectivity index (χ3v) is 6.43. The standard InChI is InChI=1S/C20H30O/c1-15-11-12-18(14-16(15)2)20(21)13-7-6-10-19(20)17-8-4-3-5-9-17/h3-5,8-9,15-16,18-19,21H,6-7,10-14H2,1-2H3. The summed E-state index contributed by atoms with van der Waals surface area (Å²) in [7, 11) is 0. The van der Waals surface area contributed by atoms with Crippen molar-refractivity contribution in [1.29, 1.82) is 0 Å². The monoisotopic (exact) mass is 286 g/mol. The average molecular weight is 286 g/mol. The predicted octanol–water partition coefficient (Wildman–Crippen LogP) is 5.15. The second kappa shape index (κ2) is 6.12. The summed E-state index contributed by atoms with van der Waals surface area (Å²) in [6, 6.07) is 10.8. The molecule has 1 heteroatoms. The summed E-state index contributed by atoms with van der Waals surface area (Å²) in [5.41, 5.74) is 0.888. The number of hydrogen-bond donors (Lipinski definition) is 1. The molecule has 1 nitrogen and oxygen atoms in total. The second-order valence-electron chi connectivity index (χ2n) is 7.66. The molecule has 5 atom stereocenters. The van der Waals surface area contributed by atoms with Gasteiger partial charge in [0.25, 0.3) is 0 Å². The van der Waals surface area contributed by atoms with Gasteiger partial charge in [-0.1, -0.05) is 63.4 Å². The third-order valence-electron chi connectivity index (χ3n) is 6.43. The molecule has 0 radical (unpaired) electrons.